The van der Waals surface area contributed by atoms with E-state index in [2.05, 4.69) is 54.7 Å². The fourth-order valence-corrected chi connectivity index (χ4v) is 6.82. The van der Waals surface area contributed by atoms with Crippen LogP contribution in [0.25, 0.3) is 33.5 Å². The molecule has 0 saturated carbocycles. The average molecular weight is 667 g/mol. The fourth-order valence-electron chi connectivity index (χ4n) is 6.82. The zero-order valence-corrected chi connectivity index (χ0v) is 27.0. The maximum absolute atomic E-state index is 13.6. The molecule has 2 aliphatic heterocycles. The van der Waals surface area contributed by atoms with Crippen LogP contribution >= 0.6 is 0 Å². The summed E-state index contributed by atoms with van der Waals surface area (Å²) in [6, 6.07) is 18.4. The van der Waals surface area contributed by atoms with Crippen molar-refractivity contribution in [3.8, 4) is 22.6 Å². The lowest BCUT2D eigenvalue weighted by molar-refractivity contribution is -0.138. The van der Waals surface area contributed by atoms with Gasteiger partial charge in [-0.25, -0.2) is 18.7 Å². The monoisotopic (exact) mass is 666 g/mol. The molecule has 5 heterocycles. The van der Waals surface area contributed by atoms with Crippen molar-refractivity contribution in [1.29, 1.82) is 0 Å². The van der Waals surface area contributed by atoms with Gasteiger partial charge in [0.25, 0.3) is 12.3 Å². The number of carbonyl (C=O) groups excluding carboxylic acids is 2. The molecule has 2 amide bonds. The van der Waals surface area contributed by atoms with Gasteiger partial charge in [0, 0.05) is 74.1 Å². The van der Waals surface area contributed by atoms with E-state index >= 15 is 0 Å². The van der Waals surface area contributed by atoms with E-state index in [9.17, 15) is 18.4 Å². The number of hydrogen-bond donors (Lipinski definition) is 2. The first-order chi connectivity index (χ1) is 23.8. The van der Waals surface area contributed by atoms with E-state index in [1.54, 1.807) is 42.7 Å². The molecule has 0 spiro atoms. The number of pyridine rings is 1. The van der Waals surface area contributed by atoms with Gasteiger partial charge >= 0.3 is 0 Å². The van der Waals surface area contributed by atoms with Crippen molar-refractivity contribution in [2.75, 3.05) is 45.2 Å². The minimum atomic E-state index is -2.70. The Labute approximate surface area is 281 Å². The molecule has 1 atom stereocenters. The van der Waals surface area contributed by atoms with Crippen molar-refractivity contribution in [1.82, 2.24) is 34.9 Å². The Bertz CT molecular complexity index is 1950. The van der Waals surface area contributed by atoms with Crippen molar-refractivity contribution in [2.45, 2.75) is 37.2 Å². The SMILES string of the molecule is COC1(C(=O)Nc2ccc3[nH]nc(-c4ccnc(C(F)F)c4)c3c2)CCN(CC(=O)N2CCC(c3ccc(-c4ncccn4)cc3)CC2)C1. The number of aromatic amines is 1. The molecule has 49 heavy (non-hydrogen) atoms. The summed E-state index contributed by atoms with van der Waals surface area (Å²) < 4.78 is 32.3. The number of alkyl halides is 2. The number of halogens is 2. The number of benzene rings is 2. The molecule has 2 fully saturated rings. The van der Waals surface area contributed by atoms with E-state index in [0.29, 0.717) is 65.6 Å². The Morgan fingerprint density at radius 1 is 0.980 bits per heavy atom. The summed E-state index contributed by atoms with van der Waals surface area (Å²) in [5, 5.41) is 10.9. The maximum Gasteiger partial charge on any atom is 0.280 e. The quantitative estimate of drug-likeness (QED) is 0.212. The van der Waals surface area contributed by atoms with Crippen LogP contribution in [0.5, 0.6) is 0 Å². The lowest BCUT2D eigenvalue weighted by atomic mass is 9.89. The van der Waals surface area contributed by atoms with Crippen molar-refractivity contribution in [3.05, 3.63) is 90.5 Å². The molecule has 13 heteroatoms. The second-order valence-electron chi connectivity index (χ2n) is 12.6. The number of fused-ring (bicyclic) bond motifs is 1. The third kappa shape index (κ3) is 6.76. The van der Waals surface area contributed by atoms with Crippen LogP contribution in [-0.2, 0) is 14.3 Å². The summed E-state index contributed by atoms with van der Waals surface area (Å²) >= 11 is 0. The van der Waals surface area contributed by atoms with Crippen molar-refractivity contribution in [2.24, 2.45) is 0 Å². The standard InChI is InChI=1S/C36H36F2N8O3/c1-49-36(35(48)42-27-7-8-29-28(20-27)32(44-43-29)26-9-15-39-30(19-26)33(37)38)12-18-45(22-36)21-31(47)46-16-10-24(11-17-46)23-3-5-25(6-4-23)34-40-13-2-14-41-34/h2-9,13-15,19-20,24,33H,10-12,16-18,21-22H2,1H3,(H,42,48)(H,43,44). The largest absolute Gasteiger partial charge is 0.367 e. The van der Waals surface area contributed by atoms with Gasteiger partial charge in [-0.2, -0.15) is 5.10 Å². The molecular weight excluding hydrogens is 630 g/mol. The lowest BCUT2D eigenvalue weighted by Crippen LogP contribution is -2.48. The van der Waals surface area contributed by atoms with Gasteiger partial charge in [-0.1, -0.05) is 24.3 Å². The van der Waals surface area contributed by atoms with Gasteiger partial charge in [-0.3, -0.25) is 24.6 Å². The van der Waals surface area contributed by atoms with Crippen LogP contribution in [0.15, 0.2) is 79.3 Å². The minimum Gasteiger partial charge on any atom is -0.367 e. The third-order valence-electron chi connectivity index (χ3n) is 9.63. The highest BCUT2D eigenvalue weighted by molar-refractivity contribution is 6.01. The number of hydrogen-bond acceptors (Lipinski definition) is 8. The van der Waals surface area contributed by atoms with Crippen LogP contribution in [0.3, 0.4) is 0 Å². The molecule has 11 nitrogen and oxygen atoms in total. The van der Waals surface area contributed by atoms with Crippen molar-refractivity contribution in [3.63, 3.8) is 0 Å². The minimum absolute atomic E-state index is 0.0476. The molecule has 2 aromatic carbocycles. The molecule has 2 N–H and O–H groups in total. The molecule has 5 aromatic rings. The topological polar surface area (TPSA) is 129 Å². The number of amides is 2. The Kier molecular flexibility index (Phi) is 9.11. The van der Waals surface area contributed by atoms with E-state index in [-0.39, 0.29) is 30.6 Å². The van der Waals surface area contributed by atoms with Crippen LogP contribution in [-0.4, -0.2) is 92.2 Å². The molecule has 3 aromatic heterocycles. The van der Waals surface area contributed by atoms with Crippen LogP contribution < -0.4 is 5.32 Å². The Balaban J connectivity index is 0.946. The first-order valence-electron chi connectivity index (χ1n) is 16.3. The fraction of sp³-hybridized carbons (Fsp3) is 0.333. The Hall–Kier alpha value is -5.14. The highest BCUT2D eigenvalue weighted by Crippen LogP contribution is 2.33. The normalized spacial score (nSPS) is 18.7. The van der Waals surface area contributed by atoms with Crippen molar-refractivity contribution < 1.29 is 23.1 Å². The van der Waals surface area contributed by atoms with Gasteiger partial charge in [0.1, 0.15) is 11.4 Å². The van der Waals surface area contributed by atoms with E-state index in [1.165, 1.54) is 24.9 Å². The van der Waals surface area contributed by atoms with Gasteiger partial charge < -0.3 is 15.0 Å². The third-order valence-corrected chi connectivity index (χ3v) is 9.63. The molecule has 0 radical (unpaired) electrons. The highest BCUT2D eigenvalue weighted by atomic mass is 19.3. The Morgan fingerprint density at radius 2 is 1.76 bits per heavy atom. The number of carbonyl (C=O) groups is 2. The number of H-pyrrole nitrogens is 1. The number of ether oxygens (including phenoxy) is 1. The molecule has 252 valence electrons. The summed E-state index contributed by atoms with van der Waals surface area (Å²) in [5.74, 6) is 0.811. The lowest BCUT2D eigenvalue weighted by Gasteiger charge is -2.33. The first-order valence-corrected chi connectivity index (χ1v) is 16.3. The number of nitrogens with one attached hydrogen (secondary N) is 2. The number of rotatable bonds is 9. The zero-order valence-electron chi connectivity index (χ0n) is 27.0. The highest BCUT2D eigenvalue weighted by Gasteiger charge is 2.45. The molecule has 2 aliphatic rings. The Morgan fingerprint density at radius 3 is 2.49 bits per heavy atom. The van der Waals surface area contributed by atoms with Gasteiger partial charge in [-0.05, 0) is 67.1 Å². The van der Waals surface area contributed by atoms with E-state index < -0.39 is 12.0 Å². The molecule has 1 unspecified atom stereocenters. The zero-order chi connectivity index (χ0) is 34.0. The predicted molar refractivity (Wildman–Crippen MR) is 180 cm³/mol. The number of methoxy groups -OCH3 is 1. The van der Waals surface area contributed by atoms with Crippen LogP contribution in [0.4, 0.5) is 14.5 Å². The first kappa shape index (κ1) is 32.4. The van der Waals surface area contributed by atoms with E-state index in [0.717, 1.165) is 18.4 Å². The molecular formula is C36H36F2N8O3. The second-order valence-corrected chi connectivity index (χ2v) is 12.6. The number of aromatic nitrogens is 5. The van der Waals surface area contributed by atoms with E-state index in [4.69, 9.17) is 4.74 Å². The van der Waals surface area contributed by atoms with Crippen LogP contribution in [0.1, 0.15) is 42.9 Å². The van der Waals surface area contributed by atoms with Crippen molar-refractivity contribution >= 4 is 28.4 Å². The van der Waals surface area contributed by atoms with Crippen LogP contribution in [0, 0.1) is 0 Å². The summed E-state index contributed by atoms with van der Waals surface area (Å²) in [6.45, 7) is 2.39. The summed E-state index contributed by atoms with van der Waals surface area (Å²) in [6.07, 6.45) is 4.29. The predicted octanol–water partition coefficient (Wildman–Crippen LogP) is 5.46. The number of piperidine rings is 1. The number of nitrogens with zero attached hydrogens (tertiary/aromatic N) is 6. The average Bonchev–Trinajstić information content (AvgIpc) is 3.77. The summed E-state index contributed by atoms with van der Waals surface area (Å²) in [7, 11) is 1.51. The van der Waals surface area contributed by atoms with Gasteiger partial charge in [0.2, 0.25) is 5.91 Å². The van der Waals surface area contributed by atoms with Gasteiger partial charge in [0.05, 0.1) is 12.1 Å². The molecule has 0 bridgehead atoms. The molecule has 0 aliphatic carbocycles. The van der Waals surface area contributed by atoms with Gasteiger partial charge in [-0.15, -0.1) is 0 Å². The van der Waals surface area contributed by atoms with E-state index in [1.807, 2.05) is 9.80 Å². The summed E-state index contributed by atoms with van der Waals surface area (Å²) in [5.41, 5.74) is 2.93. The number of anilines is 1. The molecule has 2 saturated heterocycles. The molecule has 7 rings (SSSR count). The smallest absolute Gasteiger partial charge is 0.280 e. The number of likely N-dealkylation sites (tertiary alicyclic amines) is 2. The second kappa shape index (κ2) is 13.8. The maximum atomic E-state index is 13.6. The summed E-state index contributed by atoms with van der Waals surface area (Å²) in [4.78, 5) is 43.2. The van der Waals surface area contributed by atoms with Gasteiger partial charge in [0.15, 0.2) is 11.4 Å². The van der Waals surface area contributed by atoms with Crippen LogP contribution in [0.2, 0.25) is 0 Å².